The Balaban J connectivity index is 1.93. The van der Waals surface area contributed by atoms with Gasteiger partial charge in [-0.3, -0.25) is 0 Å². The number of esters is 1. The van der Waals surface area contributed by atoms with Crippen LogP contribution >= 0.6 is 0 Å². The highest BCUT2D eigenvalue weighted by atomic mass is 16.6. The number of carboxylic acids is 1. The van der Waals surface area contributed by atoms with Crippen LogP contribution in [0.4, 0.5) is 0 Å². The summed E-state index contributed by atoms with van der Waals surface area (Å²) in [5, 5.41) is 8.93. The predicted molar refractivity (Wildman–Crippen MR) is 88.5 cm³/mol. The van der Waals surface area contributed by atoms with Crippen molar-refractivity contribution in [3.63, 3.8) is 0 Å². The molecule has 0 atom stereocenters. The first kappa shape index (κ1) is 17.3. The number of hydrogen-bond donors (Lipinski definition) is 1. The molecule has 0 unspecified atom stereocenters. The largest absolute Gasteiger partial charge is 0.478 e. The van der Waals surface area contributed by atoms with Crippen molar-refractivity contribution in [3.05, 3.63) is 47.0 Å². The van der Waals surface area contributed by atoms with Crippen LogP contribution in [0.2, 0.25) is 0 Å². The Morgan fingerprint density at radius 2 is 1.70 bits per heavy atom. The Hall–Kier alpha value is -2.10. The molecule has 4 nitrogen and oxygen atoms in total. The average Bonchev–Trinajstić information content (AvgIpc) is 2.46. The van der Waals surface area contributed by atoms with Crippen molar-refractivity contribution in [1.29, 1.82) is 0 Å². The lowest BCUT2D eigenvalue weighted by Gasteiger charge is -2.25. The Morgan fingerprint density at radius 3 is 2.17 bits per heavy atom. The van der Waals surface area contributed by atoms with Gasteiger partial charge in [0.05, 0.1) is 5.56 Å². The van der Waals surface area contributed by atoms with E-state index < -0.39 is 11.6 Å². The number of benzene rings is 1. The van der Waals surface area contributed by atoms with Crippen LogP contribution in [-0.4, -0.2) is 22.6 Å². The van der Waals surface area contributed by atoms with Crippen LogP contribution in [0.1, 0.15) is 68.3 Å². The molecule has 0 amide bonds. The van der Waals surface area contributed by atoms with Gasteiger partial charge in [-0.1, -0.05) is 17.7 Å². The SMILES string of the molecule is CC(C)(C)OC(=O)C=C1CCC(c2ccc(C(=O)O)cc2)CC1. The third kappa shape index (κ3) is 5.23. The molecular weight excluding hydrogens is 292 g/mol. The van der Waals surface area contributed by atoms with Crippen molar-refractivity contribution in [3.8, 4) is 0 Å². The summed E-state index contributed by atoms with van der Waals surface area (Å²) < 4.78 is 5.32. The molecule has 1 saturated carbocycles. The molecule has 1 aliphatic carbocycles. The van der Waals surface area contributed by atoms with E-state index in [-0.39, 0.29) is 5.97 Å². The van der Waals surface area contributed by atoms with Gasteiger partial charge in [0.2, 0.25) is 0 Å². The standard InChI is InChI=1S/C19H24O4/c1-19(2,3)23-17(20)12-13-4-6-14(7-5-13)15-8-10-16(11-9-15)18(21)22/h8-12,14H,4-7H2,1-3H3,(H,21,22). The highest BCUT2D eigenvalue weighted by Crippen LogP contribution is 2.35. The number of carbonyl (C=O) groups is 2. The van der Waals surface area contributed by atoms with Crippen LogP contribution in [0.3, 0.4) is 0 Å². The van der Waals surface area contributed by atoms with E-state index in [4.69, 9.17) is 9.84 Å². The lowest BCUT2D eigenvalue weighted by Crippen LogP contribution is -2.23. The predicted octanol–water partition coefficient (Wildman–Crippen LogP) is 4.31. The van der Waals surface area contributed by atoms with Gasteiger partial charge in [-0.2, -0.15) is 0 Å². The number of carboxylic acid groups (broad SMARTS) is 1. The molecule has 4 heteroatoms. The lowest BCUT2D eigenvalue weighted by molar-refractivity contribution is -0.148. The van der Waals surface area contributed by atoms with Gasteiger partial charge in [0.1, 0.15) is 5.60 Å². The number of aromatic carboxylic acids is 1. The van der Waals surface area contributed by atoms with E-state index >= 15 is 0 Å². The molecule has 1 fully saturated rings. The van der Waals surface area contributed by atoms with Gasteiger partial charge < -0.3 is 9.84 Å². The second-order valence-corrected chi connectivity index (χ2v) is 7.04. The zero-order valence-corrected chi connectivity index (χ0v) is 14.0. The summed E-state index contributed by atoms with van der Waals surface area (Å²) in [4.78, 5) is 22.7. The van der Waals surface area contributed by atoms with E-state index in [1.54, 1.807) is 18.2 Å². The molecule has 1 aromatic carbocycles. The molecule has 0 radical (unpaired) electrons. The molecule has 23 heavy (non-hydrogen) atoms. The maximum Gasteiger partial charge on any atom is 0.335 e. The fourth-order valence-corrected chi connectivity index (χ4v) is 2.86. The van der Waals surface area contributed by atoms with Crippen molar-refractivity contribution < 1.29 is 19.4 Å². The summed E-state index contributed by atoms with van der Waals surface area (Å²) in [6, 6.07) is 7.11. The second-order valence-electron chi connectivity index (χ2n) is 7.04. The van der Waals surface area contributed by atoms with Gasteiger partial charge in [0.25, 0.3) is 0 Å². The Bertz CT molecular complexity index is 595. The number of allylic oxidation sites excluding steroid dienone is 1. The Kier molecular flexibility index (Phi) is 5.24. The smallest absolute Gasteiger partial charge is 0.335 e. The molecule has 0 spiro atoms. The molecule has 1 aliphatic rings. The number of ether oxygens (including phenoxy) is 1. The summed E-state index contributed by atoms with van der Waals surface area (Å²) in [6.07, 6.45) is 5.34. The van der Waals surface area contributed by atoms with E-state index in [2.05, 4.69) is 0 Å². The highest BCUT2D eigenvalue weighted by Gasteiger charge is 2.21. The Labute approximate surface area is 137 Å². The van der Waals surface area contributed by atoms with Crippen molar-refractivity contribution in [2.24, 2.45) is 0 Å². The topological polar surface area (TPSA) is 63.6 Å². The van der Waals surface area contributed by atoms with E-state index in [1.165, 1.54) is 5.56 Å². The van der Waals surface area contributed by atoms with Gasteiger partial charge in [0.15, 0.2) is 0 Å². The third-order valence-electron chi connectivity index (χ3n) is 3.99. The maximum absolute atomic E-state index is 11.8. The number of rotatable bonds is 3. The summed E-state index contributed by atoms with van der Waals surface area (Å²) in [5.41, 5.74) is 2.16. The van der Waals surface area contributed by atoms with Gasteiger partial charge in [-0.15, -0.1) is 0 Å². The number of carbonyl (C=O) groups excluding carboxylic acids is 1. The quantitative estimate of drug-likeness (QED) is 0.666. The highest BCUT2D eigenvalue weighted by molar-refractivity contribution is 5.87. The van der Waals surface area contributed by atoms with E-state index in [1.807, 2.05) is 32.9 Å². The van der Waals surface area contributed by atoms with Crippen LogP contribution in [-0.2, 0) is 9.53 Å². The molecule has 0 bridgehead atoms. The fraction of sp³-hybridized carbons (Fsp3) is 0.474. The summed E-state index contributed by atoms with van der Waals surface area (Å²) in [7, 11) is 0. The molecule has 0 heterocycles. The van der Waals surface area contributed by atoms with Crippen molar-refractivity contribution in [2.75, 3.05) is 0 Å². The molecular formula is C19H24O4. The van der Waals surface area contributed by atoms with E-state index in [0.717, 1.165) is 31.3 Å². The first-order valence-corrected chi connectivity index (χ1v) is 8.00. The monoisotopic (exact) mass is 316 g/mol. The van der Waals surface area contributed by atoms with Gasteiger partial charge >= 0.3 is 11.9 Å². The minimum absolute atomic E-state index is 0.267. The lowest BCUT2D eigenvalue weighted by atomic mass is 9.81. The maximum atomic E-state index is 11.8. The zero-order valence-electron chi connectivity index (χ0n) is 14.0. The second kappa shape index (κ2) is 6.99. The van der Waals surface area contributed by atoms with Crippen LogP contribution in [0, 0.1) is 0 Å². The molecule has 2 rings (SSSR count). The Morgan fingerprint density at radius 1 is 1.13 bits per heavy atom. The van der Waals surface area contributed by atoms with Crippen molar-refractivity contribution in [2.45, 2.75) is 58.0 Å². The van der Waals surface area contributed by atoms with E-state index in [9.17, 15) is 9.59 Å². The summed E-state index contributed by atoms with van der Waals surface area (Å²) >= 11 is 0. The minimum atomic E-state index is -0.900. The third-order valence-corrected chi connectivity index (χ3v) is 3.99. The van der Waals surface area contributed by atoms with Gasteiger partial charge in [-0.25, -0.2) is 9.59 Å². The normalized spacial score (nSPS) is 18.4. The van der Waals surface area contributed by atoms with Crippen LogP contribution in [0.5, 0.6) is 0 Å². The summed E-state index contributed by atoms with van der Waals surface area (Å²) in [5.74, 6) is -0.742. The molecule has 124 valence electrons. The minimum Gasteiger partial charge on any atom is -0.478 e. The molecule has 1 N–H and O–H groups in total. The van der Waals surface area contributed by atoms with Gasteiger partial charge in [-0.05, 0) is 70.1 Å². The van der Waals surface area contributed by atoms with Crippen molar-refractivity contribution in [1.82, 2.24) is 0 Å². The molecule has 0 saturated heterocycles. The number of hydrogen-bond acceptors (Lipinski definition) is 3. The fourth-order valence-electron chi connectivity index (χ4n) is 2.86. The van der Waals surface area contributed by atoms with Crippen LogP contribution in [0.15, 0.2) is 35.9 Å². The summed E-state index contributed by atoms with van der Waals surface area (Å²) in [6.45, 7) is 5.59. The molecule has 0 aromatic heterocycles. The van der Waals surface area contributed by atoms with Crippen LogP contribution in [0.25, 0.3) is 0 Å². The first-order chi connectivity index (χ1) is 10.7. The zero-order chi connectivity index (χ0) is 17.0. The average molecular weight is 316 g/mol. The van der Waals surface area contributed by atoms with E-state index in [0.29, 0.717) is 11.5 Å². The molecule has 1 aromatic rings. The molecule has 0 aliphatic heterocycles. The van der Waals surface area contributed by atoms with Gasteiger partial charge in [0, 0.05) is 6.08 Å². The van der Waals surface area contributed by atoms with Crippen molar-refractivity contribution >= 4 is 11.9 Å². The van der Waals surface area contributed by atoms with Crippen LogP contribution < -0.4 is 0 Å². The first-order valence-electron chi connectivity index (χ1n) is 8.00.